The van der Waals surface area contributed by atoms with E-state index in [-0.39, 0.29) is 0 Å². The van der Waals surface area contributed by atoms with Gasteiger partial charge < -0.3 is 0 Å². The Hall–Kier alpha value is 0.414. The van der Waals surface area contributed by atoms with Crippen molar-refractivity contribution in [2.24, 2.45) is 9.98 Å². The Morgan fingerprint density at radius 2 is 1.00 bits per heavy atom. The molecule has 0 aromatic heterocycles. The van der Waals surface area contributed by atoms with Crippen LogP contribution in [0, 0.1) is 0 Å². The molecule has 0 aromatic carbocycles. The van der Waals surface area contributed by atoms with Gasteiger partial charge in [-0.3, -0.25) is 9.98 Å². The summed E-state index contributed by atoms with van der Waals surface area (Å²) in [5.41, 5.74) is 0. The van der Waals surface area contributed by atoms with Crippen LogP contribution < -0.4 is 0 Å². The zero-order valence-corrected chi connectivity index (χ0v) is 13.8. The Bertz CT molecular complexity index is 234. The van der Waals surface area contributed by atoms with Crippen LogP contribution in [0.3, 0.4) is 0 Å². The van der Waals surface area contributed by atoms with Gasteiger partial charge in [-0.1, -0.05) is 38.5 Å². The Balaban J connectivity index is 0.000000550. The summed E-state index contributed by atoms with van der Waals surface area (Å²) >= 11 is 0.569. The van der Waals surface area contributed by atoms with Crippen molar-refractivity contribution in [1.82, 2.24) is 0 Å². The van der Waals surface area contributed by atoms with E-state index in [4.69, 9.17) is 20.4 Å². The number of halogens is 2. The number of nitrogens with zero attached hydrogens (tertiary/aromatic N) is 2. The first-order valence-corrected chi connectivity index (χ1v) is 9.96. The summed E-state index contributed by atoms with van der Waals surface area (Å²) in [6, 6.07) is 1.18. The van der Waals surface area contributed by atoms with E-state index < -0.39 is 0 Å². The van der Waals surface area contributed by atoms with Crippen LogP contribution in [0.25, 0.3) is 0 Å². The van der Waals surface area contributed by atoms with Crippen molar-refractivity contribution in [3.63, 3.8) is 0 Å². The van der Waals surface area contributed by atoms with Crippen LogP contribution >= 0.6 is 20.4 Å². The summed E-state index contributed by atoms with van der Waals surface area (Å²) in [7, 11) is 9.40. The third kappa shape index (κ3) is 9.05. The zero-order valence-electron chi connectivity index (χ0n) is 11.3. The van der Waals surface area contributed by atoms with E-state index in [0.717, 1.165) is 0 Å². The number of rotatable bonds is 3. The molecule has 19 heavy (non-hydrogen) atoms. The van der Waals surface area contributed by atoms with Gasteiger partial charge in [-0.05, 0) is 25.7 Å². The van der Waals surface area contributed by atoms with Crippen LogP contribution in [0.4, 0.5) is 0 Å². The summed E-state index contributed by atoms with van der Waals surface area (Å²) < 4.78 is 0. The molecule has 0 spiro atoms. The molecule has 0 radical (unpaired) electrons. The Labute approximate surface area is 131 Å². The van der Waals surface area contributed by atoms with Crippen molar-refractivity contribution in [1.29, 1.82) is 0 Å². The molecule has 2 saturated carbocycles. The Morgan fingerprint density at radius 3 is 1.32 bits per heavy atom. The third-order valence-corrected chi connectivity index (χ3v) is 3.81. The molecule has 0 aromatic rings. The molecule has 5 heteroatoms. The summed E-state index contributed by atoms with van der Waals surface area (Å²) in [4.78, 5) is 9.19. The average molecular weight is 350 g/mol. The maximum atomic E-state index is 4.70. The monoisotopic (exact) mass is 348 g/mol. The molecule has 2 aliphatic carbocycles. The molecule has 0 aliphatic heterocycles. The predicted molar refractivity (Wildman–Crippen MR) is 82.4 cm³/mol. The van der Waals surface area contributed by atoms with Crippen LogP contribution in [0.15, 0.2) is 9.98 Å². The molecular formula is C14H24Cl2N2Ni. The van der Waals surface area contributed by atoms with Gasteiger partial charge in [-0.15, -0.1) is 0 Å². The van der Waals surface area contributed by atoms with Crippen molar-refractivity contribution in [3.05, 3.63) is 0 Å². The van der Waals surface area contributed by atoms with E-state index in [2.05, 4.69) is 9.98 Å². The zero-order chi connectivity index (χ0) is 13.8. The standard InChI is InChI=1S/C14H24N2.2ClH.Ni/c1-3-7-13(8-4-1)15-11-12-16-14-9-5-2-6-10-14;;;/h11-14H,1-10H2;2*1H;/q;;;+2/p-2. The number of hydrogen-bond donors (Lipinski definition) is 0. The third-order valence-electron chi connectivity index (χ3n) is 3.81. The maximum absolute atomic E-state index is 4.70. The van der Waals surface area contributed by atoms with E-state index in [1.54, 1.807) is 0 Å². The number of hydrogen-bond acceptors (Lipinski definition) is 2. The van der Waals surface area contributed by atoms with Gasteiger partial charge in [0.15, 0.2) is 0 Å². The van der Waals surface area contributed by atoms with Crippen LogP contribution in [0.5, 0.6) is 0 Å². The molecule has 0 atom stereocenters. The topological polar surface area (TPSA) is 24.7 Å². The van der Waals surface area contributed by atoms with E-state index >= 15 is 0 Å². The first-order chi connectivity index (χ1) is 9.36. The molecule has 2 aliphatic rings. The van der Waals surface area contributed by atoms with E-state index in [9.17, 15) is 0 Å². The molecule has 0 N–H and O–H groups in total. The van der Waals surface area contributed by atoms with Gasteiger partial charge in [0, 0.05) is 24.5 Å². The molecule has 0 unspecified atom stereocenters. The summed E-state index contributed by atoms with van der Waals surface area (Å²) in [6.07, 6.45) is 17.3. The average Bonchev–Trinajstić information content (AvgIpc) is 2.47. The molecule has 2 fully saturated rings. The Kier molecular flexibility index (Phi) is 11.2. The van der Waals surface area contributed by atoms with Gasteiger partial charge in [0.1, 0.15) is 0 Å². The van der Waals surface area contributed by atoms with Crippen LogP contribution in [-0.2, 0) is 12.7 Å². The molecule has 0 amide bonds. The van der Waals surface area contributed by atoms with Crippen molar-refractivity contribution in [2.75, 3.05) is 0 Å². The quantitative estimate of drug-likeness (QED) is 0.496. The molecule has 0 saturated heterocycles. The molecule has 2 nitrogen and oxygen atoms in total. The van der Waals surface area contributed by atoms with Gasteiger partial charge in [0.05, 0.1) is 0 Å². The van der Waals surface area contributed by atoms with Gasteiger partial charge in [-0.2, -0.15) is 0 Å². The van der Waals surface area contributed by atoms with Gasteiger partial charge in [-0.25, -0.2) is 0 Å². The van der Waals surface area contributed by atoms with Crippen LogP contribution in [0.1, 0.15) is 64.2 Å². The summed E-state index contributed by atoms with van der Waals surface area (Å²) in [5, 5.41) is 0. The van der Waals surface area contributed by atoms with Crippen LogP contribution in [0.2, 0.25) is 0 Å². The Morgan fingerprint density at radius 1 is 0.684 bits per heavy atom. The first kappa shape index (κ1) is 17.5. The fourth-order valence-corrected chi connectivity index (χ4v) is 2.78. The van der Waals surface area contributed by atoms with Gasteiger partial charge in [0.25, 0.3) is 0 Å². The fourth-order valence-electron chi connectivity index (χ4n) is 2.78. The second-order valence-electron chi connectivity index (χ2n) is 5.23. The van der Waals surface area contributed by atoms with Crippen molar-refractivity contribution < 1.29 is 12.7 Å². The fraction of sp³-hybridized carbons (Fsp3) is 0.857. The van der Waals surface area contributed by atoms with E-state index in [1.807, 2.05) is 12.4 Å². The first-order valence-electron chi connectivity index (χ1n) is 7.24. The van der Waals surface area contributed by atoms with E-state index in [1.165, 1.54) is 64.2 Å². The predicted octanol–water partition coefficient (Wildman–Crippen LogP) is 5.17. The molecular weight excluding hydrogens is 326 g/mol. The number of aliphatic imine (C=N–C) groups is 2. The molecule has 0 heterocycles. The van der Waals surface area contributed by atoms with Crippen molar-refractivity contribution >= 4 is 32.8 Å². The van der Waals surface area contributed by atoms with Crippen molar-refractivity contribution in [3.8, 4) is 0 Å². The second kappa shape index (κ2) is 12.2. The van der Waals surface area contributed by atoms with Crippen LogP contribution in [-0.4, -0.2) is 24.5 Å². The van der Waals surface area contributed by atoms with Crippen molar-refractivity contribution in [2.45, 2.75) is 76.3 Å². The van der Waals surface area contributed by atoms with E-state index in [0.29, 0.717) is 24.7 Å². The summed E-state index contributed by atoms with van der Waals surface area (Å²) in [6.45, 7) is 0. The van der Waals surface area contributed by atoms with Gasteiger partial charge in [0.2, 0.25) is 0 Å². The van der Waals surface area contributed by atoms with Gasteiger partial charge >= 0.3 is 33.0 Å². The summed E-state index contributed by atoms with van der Waals surface area (Å²) in [5.74, 6) is 0. The SMILES string of the molecule is C(C=NC1CCCCC1)=NC1CCCCC1.[Cl][Ni][Cl]. The normalized spacial score (nSPS) is 22.8. The second-order valence-corrected chi connectivity index (χ2v) is 6.86. The minimum absolute atomic E-state index is 0.569. The minimum atomic E-state index is 0.569. The molecule has 0 bridgehead atoms. The molecule has 2 rings (SSSR count). The molecule has 114 valence electrons.